The number of halogens is 4. The fourth-order valence-corrected chi connectivity index (χ4v) is 0.818. The van der Waals surface area contributed by atoms with Crippen LogP contribution >= 0.6 is 11.6 Å². The SMILES string of the molecule is FC(F)(F)Nc1cncc(Cl)c1. The second-order valence-electron chi connectivity index (χ2n) is 2.01. The van der Waals surface area contributed by atoms with Gasteiger partial charge in [-0.2, -0.15) is 13.2 Å². The molecule has 6 heteroatoms. The van der Waals surface area contributed by atoms with Crippen molar-refractivity contribution in [2.75, 3.05) is 5.32 Å². The van der Waals surface area contributed by atoms with Gasteiger partial charge in [0.25, 0.3) is 0 Å². The molecule has 0 unspecified atom stereocenters. The Balaban J connectivity index is 2.77. The second-order valence-corrected chi connectivity index (χ2v) is 2.45. The third kappa shape index (κ3) is 2.96. The van der Waals surface area contributed by atoms with Gasteiger partial charge in [0.1, 0.15) is 0 Å². The van der Waals surface area contributed by atoms with Crippen LogP contribution in [0.25, 0.3) is 0 Å². The molecule has 1 heterocycles. The molecule has 1 aromatic heterocycles. The van der Waals surface area contributed by atoms with Crippen LogP contribution in [0, 0.1) is 0 Å². The number of hydrogen-bond acceptors (Lipinski definition) is 2. The van der Waals surface area contributed by atoms with Crippen LogP contribution in [0.5, 0.6) is 0 Å². The zero-order valence-corrected chi connectivity index (χ0v) is 6.45. The van der Waals surface area contributed by atoms with E-state index in [9.17, 15) is 13.2 Å². The first kappa shape index (κ1) is 9.12. The zero-order valence-electron chi connectivity index (χ0n) is 5.69. The lowest BCUT2D eigenvalue weighted by atomic mass is 10.4. The van der Waals surface area contributed by atoms with E-state index >= 15 is 0 Å². The fourth-order valence-electron chi connectivity index (χ4n) is 0.644. The highest BCUT2D eigenvalue weighted by Crippen LogP contribution is 2.20. The summed E-state index contributed by atoms with van der Waals surface area (Å²) in [5.74, 6) is 0. The van der Waals surface area contributed by atoms with E-state index in [-0.39, 0.29) is 10.7 Å². The van der Waals surface area contributed by atoms with E-state index in [4.69, 9.17) is 11.6 Å². The molecule has 12 heavy (non-hydrogen) atoms. The van der Waals surface area contributed by atoms with Gasteiger partial charge < -0.3 is 0 Å². The summed E-state index contributed by atoms with van der Waals surface area (Å²) in [5, 5.41) is 1.43. The Hall–Kier alpha value is -0.970. The van der Waals surface area contributed by atoms with Crippen molar-refractivity contribution in [2.24, 2.45) is 0 Å². The molecule has 0 aliphatic carbocycles. The highest BCUT2D eigenvalue weighted by Gasteiger charge is 2.26. The van der Waals surface area contributed by atoms with Crippen LogP contribution < -0.4 is 5.32 Å². The van der Waals surface area contributed by atoms with E-state index in [0.29, 0.717) is 0 Å². The Morgan fingerprint density at radius 1 is 1.33 bits per heavy atom. The first-order valence-corrected chi connectivity index (χ1v) is 3.30. The molecular weight excluding hydrogens is 193 g/mol. The predicted molar refractivity (Wildman–Crippen MR) is 38.9 cm³/mol. The quantitative estimate of drug-likeness (QED) is 0.699. The lowest BCUT2D eigenvalue weighted by Crippen LogP contribution is -2.20. The first-order chi connectivity index (χ1) is 5.47. The van der Waals surface area contributed by atoms with E-state index in [1.807, 2.05) is 0 Å². The lowest BCUT2D eigenvalue weighted by Gasteiger charge is -2.08. The first-order valence-electron chi connectivity index (χ1n) is 2.93. The molecule has 0 bridgehead atoms. The molecule has 1 rings (SSSR count). The van der Waals surface area contributed by atoms with Gasteiger partial charge in [-0.05, 0) is 6.07 Å². The highest BCUT2D eigenvalue weighted by atomic mass is 35.5. The topological polar surface area (TPSA) is 24.9 Å². The van der Waals surface area contributed by atoms with Gasteiger partial charge in [-0.25, -0.2) is 0 Å². The minimum absolute atomic E-state index is 0.157. The minimum Gasteiger partial charge on any atom is -0.296 e. The van der Waals surface area contributed by atoms with Crippen LogP contribution in [0.1, 0.15) is 0 Å². The number of hydrogen-bond donors (Lipinski definition) is 1. The molecule has 0 spiro atoms. The predicted octanol–water partition coefficient (Wildman–Crippen LogP) is 2.67. The average Bonchev–Trinajstić information content (AvgIpc) is 1.82. The summed E-state index contributed by atoms with van der Waals surface area (Å²) >= 11 is 5.40. The maximum atomic E-state index is 11.7. The van der Waals surface area contributed by atoms with Crippen molar-refractivity contribution in [3.05, 3.63) is 23.5 Å². The molecule has 0 aliphatic heterocycles. The van der Waals surface area contributed by atoms with Gasteiger partial charge in [0.15, 0.2) is 0 Å². The van der Waals surface area contributed by atoms with Gasteiger partial charge in [0, 0.05) is 6.20 Å². The molecule has 0 aliphatic rings. The molecule has 0 fully saturated rings. The summed E-state index contributed by atoms with van der Waals surface area (Å²) < 4.78 is 35.1. The normalized spacial score (nSPS) is 11.3. The number of aromatic nitrogens is 1. The molecule has 0 aromatic carbocycles. The summed E-state index contributed by atoms with van der Waals surface area (Å²) in [4.78, 5) is 3.47. The van der Waals surface area contributed by atoms with Crippen molar-refractivity contribution in [1.82, 2.24) is 4.98 Å². The number of nitrogens with zero attached hydrogens (tertiary/aromatic N) is 1. The van der Waals surface area contributed by atoms with Crippen LogP contribution in [-0.4, -0.2) is 11.3 Å². The summed E-state index contributed by atoms with van der Waals surface area (Å²) in [6, 6.07) is 1.14. The van der Waals surface area contributed by atoms with Crippen LogP contribution in [0.4, 0.5) is 18.9 Å². The molecule has 0 atom stereocenters. The molecule has 0 amide bonds. The molecule has 66 valence electrons. The van der Waals surface area contributed by atoms with E-state index in [1.54, 1.807) is 0 Å². The lowest BCUT2D eigenvalue weighted by molar-refractivity contribution is -0.0999. The molecular formula is C6H4ClF3N2. The Bertz CT molecular complexity index is 274. The Morgan fingerprint density at radius 3 is 2.50 bits per heavy atom. The molecule has 0 saturated heterocycles. The summed E-state index contributed by atoms with van der Waals surface area (Å²) in [5.41, 5.74) is -0.171. The summed E-state index contributed by atoms with van der Waals surface area (Å²) in [6.07, 6.45) is -2.16. The zero-order chi connectivity index (χ0) is 9.19. The van der Waals surface area contributed by atoms with Crippen LogP contribution in [-0.2, 0) is 0 Å². The van der Waals surface area contributed by atoms with Crippen LogP contribution in [0.2, 0.25) is 5.02 Å². The van der Waals surface area contributed by atoms with Crippen molar-refractivity contribution in [1.29, 1.82) is 0 Å². The van der Waals surface area contributed by atoms with Crippen molar-refractivity contribution in [3.8, 4) is 0 Å². The summed E-state index contributed by atoms with van der Waals surface area (Å²) in [6.45, 7) is 0. The van der Waals surface area contributed by atoms with E-state index in [2.05, 4.69) is 4.98 Å². The summed E-state index contributed by atoms with van der Waals surface area (Å²) in [7, 11) is 0. The Labute approximate surface area is 71.4 Å². The number of anilines is 1. The van der Waals surface area contributed by atoms with E-state index in [1.165, 1.54) is 11.5 Å². The van der Waals surface area contributed by atoms with Gasteiger partial charge in [0.2, 0.25) is 0 Å². The number of pyridine rings is 1. The van der Waals surface area contributed by atoms with Gasteiger partial charge in [-0.15, -0.1) is 0 Å². The molecule has 1 aromatic rings. The number of alkyl halides is 3. The van der Waals surface area contributed by atoms with Gasteiger partial charge >= 0.3 is 6.30 Å². The molecule has 0 radical (unpaired) electrons. The van der Waals surface area contributed by atoms with Crippen molar-refractivity contribution in [2.45, 2.75) is 6.30 Å². The second kappa shape index (κ2) is 3.18. The largest absolute Gasteiger partial charge is 0.482 e. The minimum atomic E-state index is -4.45. The van der Waals surface area contributed by atoms with Gasteiger partial charge in [-0.1, -0.05) is 11.6 Å². The van der Waals surface area contributed by atoms with Gasteiger partial charge in [-0.3, -0.25) is 10.3 Å². The molecule has 2 nitrogen and oxygen atoms in total. The molecule has 0 saturated carbocycles. The maximum Gasteiger partial charge on any atom is 0.482 e. The van der Waals surface area contributed by atoms with Gasteiger partial charge in [0.05, 0.1) is 16.9 Å². The Morgan fingerprint density at radius 2 is 2.00 bits per heavy atom. The Kier molecular flexibility index (Phi) is 2.42. The fraction of sp³-hybridized carbons (Fsp3) is 0.167. The number of nitrogens with one attached hydrogen (secondary N) is 1. The van der Waals surface area contributed by atoms with Crippen molar-refractivity contribution < 1.29 is 13.2 Å². The van der Waals surface area contributed by atoms with Crippen LogP contribution in [0.15, 0.2) is 18.5 Å². The number of rotatable bonds is 1. The monoisotopic (exact) mass is 196 g/mol. The smallest absolute Gasteiger partial charge is 0.296 e. The standard InChI is InChI=1S/C6H4ClF3N2/c7-4-1-5(3-11-2-4)12-6(8,9)10/h1-3,12H. The third-order valence-electron chi connectivity index (χ3n) is 0.991. The van der Waals surface area contributed by atoms with E-state index < -0.39 is 6.30 Å². The highest BCUT2D eigenvalue weighted by molar-refractivity contribution is 6.30. The van der Waals surface area contributed by atoms with Crippen molar-refractivity contribution >= 4 is 17.3 Å². The van der Waals surface area contributed by atoms with Crippen molar-refractivity contribution in [3.63, 3.8) is 0 Å². The maximum absolute atomic E-state index is 11.7. The van der Waals surface area contributed by atoms with Crippen LogP contribution in [0.3, 0.4) is 0 Å². The third-order valence-corrected chi connectivity index (χ3v) is 1.20. The average molecular weight is 197 g/mol. The van der Waals surface area contributed by atoms with E-state index in [0.717, 1.165) is 12.3 Å². The molecule has 1 N–H and O–H groups in total.